The van der Waals surface area contributed by atoms with E-state index in [-0.39, 0.29) is 11.8 Å². The van der Waals surface area contributed by atoms with Crippen molar-refractivity contribution in [3.63, 3.8) is 0 Å². The van der Waals surface area contributed by atoms with E-state index in [0.717, 1.165) is 12.8 Å². The minimum absolute atomic E-state index is 0.207. The standard InChI is InChI=1S/C12H26N2O2S/c1-10(2)12-6-5-8-14(12)17(15,16)9-7-13-11(3)4/h10-13H,5-9H2,1-4H3. The van der Waals surface area contributed by atoms with Gasteiger partial charge in [-0.1, -0.05) is 27.7 Å². The molecule has 0 saturated carbocycles. The van der Waals surface area contributed by atoms with Crippen molar-refractivity contribution in [3.8, 4) is 0 Å². The molecule has 0 bridgehead atoms. The lowest BCUT2D eigenvalue weighted by Crippen LogP contribution is -2.42. The van der Waals surface area contributed by atoms with Crippen LogP contribution in [0.25, 0.3) is 0 Å². The van der Waals surface area contributed by atoms with E-state index < -0.39 is 10.0 Å². The highest BCUT2D eigenvalue weighted by molar-refractivity contribution is 7.89. The van der Waals surface area contributed by atoms with E-state index in [2.05, 4.69) is 19.2 Å². The van der Waals surface area contributed by atoms with Gasteiger partial charge in [0.05, 0.1) is 5.75 Å². The first-order chi connectivity index (χ1) is 7.84. The van der Waals surface area contributed by atoms with Crippen LogP contribution in [-0.4, -0.2) is 43.6 Å². The molecule has 1 saturated heterocycles. The third-order valence-corrected chi connectivity index (χ3v) is 5.18. The van der Waals surface area contributed by atoms with E-state index in [1.165, 1.54) is 0 Å². The first kappa shape index (κ1) is 14.9. The molecule has 0 aromatic heterocycles. The number of nitrogens with one attached hydrogen (secondary N) is 1. The van der Waals surface area contributed by atoms with E-state index in [1.54, 1.807) is 4.31 Å². The predicted octanol–water partition coefficient (Wildman–Crippen LogP) is 1.43. The lowest BCUT2D eigenvalue weighted by atomic mass is 10.0. The van der Waals surface area contributed by atoms with Crippen molar-refractivity contribution in [3.05, 3.63) is 0 Å². The van der Waals surface area contributed by atoms with Gasteiger partial charge < -0.3 is 5.32 Å². The minimum atomic E-state index is -3.08. The summed E-state index contributed by atoms with van der Waals surface area (Å²) in [5.74, 6) is 0.624. The van der Waals surface area contributed by atoms with Crippen LogP contribution in [0.5, 0.6) is 0 Å². The van der Waals surface area contributed by atoms with Crippen LogP contribution in [0.15, 0.2) is 0 Å². The van der Waals surface area contributed by atoms with Gasteiger partial charge in [0, 0.05) is 25.2 Å². The van der Waals surface area contributed by atoms with Crippen LogP contribution in [0.3, 0.4) is 0 Å². The zero-order chi connectivity index (χ0) is 13.1. The number of nitrogens with zero attached hydrogens (tertiary/aromatic N) is 1. The predicted molar refractivity (Wildman–Crippen MR) is 71.5 cm³/mol. The fraction of sp³-hybridized carbons (Fsp3) is 1.00. The molecule has 0 amide bonds. The lowest BCUT2D eigenvalue weighted by molar-refractivity contribution is 0.315. The molecule has 0 aromatic carbocycles. The van der Waals surface area contributed by atoms with Crippen LogP contribution in [0.1, 0.15) is 40.5 Å². The molecule has 1 rings (SSSR count). The number of sulfonamides is 1. The molecule has 0 spiro atoms. The largest absolute Gasteiger partial charge is 0.313 e. The average Bonchev–Trinajstić information content (AvgIpc) is 2.65. The van der Waals surface area contributed by atoms with E-state index in [9.17, 15) is 8.42 Å². The second-order valence-corrected chi connectivity index (χ2v) is 7.53. The summed E-state index contributed by atoms with van der Waals surface area (Å²) >= 11 is 0. The summed E-state index contributed by atoms with van der Waals surface area (Å²) in [4.78, 5) is 0. The topological polar surface area (TPSA) is 49.4 Å². The summed E-state index contributed by atoms with van der Waals surface area (Å²) in [6.45, 7) is 9.50. The van der Waals surface area contributed by atoms with Gasteiger partial charge in [-0.25, -0.2) is 8.42 Å². The highest BCUT2D eigenvalue weighted by atomic mass is 32.2. The highest BCUT2D eigenvalue weighted by Gasteiger charge is 2.35. The van der Waals surface area contributed by atoms with Crippen LogP contribution in [0, 0.1) is 5.92 Å². The van der Waals surface area contributed by atoms with Crippen LogP contribution in [-0.2, 0) is 10.0 Å². The fourth-order valence-corrected chi connectivity index (χ4v) is 4.15. The molecule has 0 radical (unpaired) electrons. The molecule has 5 heteroatoms. The summed E-state index contributed by atoms with van der Waals surface area (Å²) in [5.41, 5.74) is 0. The first-order valence-corrected chi connectivity index (χ1v) is 8.18. The third-order valence-electron chi connectivity index (χ3n) is 3.29. The van der Waals surface area contributed by atoms with E-state index in [4.69, 9.17) is 0 Å². The normalized spacial score (nSPS) is 22.8. The molecule has 1 unspecified atom stereocenters. The molecule has 4 nitrogen and oxygen atoms in total. The van der Waals surface area contributed by atoms with Crippen molar-refractivity contribution in [2.24, 2.45) is 5.92 Å². The summed E-state index contributed by atoms with van der Waals surface area (Å²) < 4.78 is 26.2. The smallest absolute Gasteiger partial charge is 0.215 e. The third kappa shape index (κ3) is 4.23. The van der Waals surface area contributed by atoms with Crippen LogP contribution in [0.4, 0.5) is 0 Å². The first-order valence-electron chi connectivity index (χ1n) is 6.57. The molecular formula is C12H26N2O2S. The summed E-state index contributed by atoms with van der Waals surface area (Å²) in [6.07, 6.45) is 2.01. The molecule has 1 aliphatic heterocycles. The average molecular weight is 262 g/mol. The molecule has 0 aliphatic carbocycles. The van der Waals surface area contributed by atoms with Gasteiger partial charge in [-0.15, -0.1) is 0 Å². The zero-order valence-corrected chi connectivity index (χ0v) is 12.3. The molecule has 1 N–H and O–H groups in total. The van der Waals surface area contributed by atoms with Gasteiger partial charge in [-0.05, 0) is 18.8 Å². The van der Waals surface area contributed by atoms with E-state index >= 15 is 0 Å². The number of hydrogen-bond donors (Lipinski definition) is 1. The fourth-order valence-electron chi connectivity index (χ4n) is 2.37. The molecule has 1 heterocycles. The van der Waals surface area contributed by atoms with Crippen molar-refractivity contribution < 1.29 is 8.42 Å². The van der Waals surface area contributed by atoms with Crippen molar-refractivity contribution in [1.29, 1.82) is 0 Å². The second-order valence-electron chi connectivity index (χ2n) is 5.49. The van der Waals surface area contributed by atoms with Crippen molar-refractivity contribution >= 4 is 10.0 Å². The molecule has 102 valence electrons. The van der Waals surface area contributed by atoms with Crippen LogP contribution < -0.4 is 5.32 Å². The van der Waals surface area contributed by atoms with Gasteiger partial charge in [0.2, 0.25) is 10.0 Å². The Morgan fingerprint density at radius 2 is 1.94 bits per heavy atom. The SMILES string of the molecule is CC(C)NCCS(=O)(=O)N1CCCC1C(C)C. The number of hydrogen-bond acceptors (Lipinski definition) is 3. The Morgan fingerprint density at radius 1 is 1.29 bits per heavy atom. The summed E-state index contributed by atoms with van der Waals surface area (Å²) in [7, 11) is -3.08. The molecule has 17 heavy (non-hydrogen) atoms. The maximum Gasteiger partial charge on any atom is 0.215 e. The Bertz CT molecular complexity index is 325. The molecule has 0 aromatic rings. The van der Waals surface area contributed by atoms with Gasteiger partial charge >= 0.3 is 0 Å². The Balaban J connectivity index is 2.57. The van der Waals surface area contributed by atoms with Gasteiger partial charge in [0.1, 0.15) is 0 Å². The summed E-state index contributed by atoms with van der Waals surface area (Å²) in [5, 5.41) is 3.16. The van der Waals surface area contributed by atoms with Crippen molar-refractivity contribution in [2.75, 3.05) is 18.8 Å². The van der Waals surface area contributed by atoms with Gasteiger partial charge in [0.25, 0.3) is 0 Å². The van der Waals surface area contributed by atoms with Crippen molar-refractivity contribution in [1.82, 2.24) is 9.62 Å². The minimum Gasteiger partial charge on any atom is -0.313 e. The maximum absolute atomic E-state index is 12.2. The van der Waals surface area contributed by atoms with E-state index in [0.29, 0.717) is 25.0 Å². The molecular weight excluding hydrogens is 236 g/mol. The van der Waals surface area contributed by atoms with E-state index in [1.807, 2.05) is 13.8 Å². The molecule has 1 aliphatic rings. The zero-order valence-electron chi connectivity index (χ0n) is 11.4. The van der Waals surface area contributed by atoms with Crippen LogP contribution >= 0.6 is 0 Å². The molecule has 1 fully saturated rings. The maximum atomic E-state index is 12.2. The van der Waals surface area contributed by atoms with Gasteiger partial charge in [-0.2, -0.15) is 4.31 Å². The monoisotopic (exact) mass is 262 g/mol. The summed E-state index contributed by atoms with van der Waals surface area (Å²) in [6, 6.07) is 0.545. The van der Waals surface area contributed by atoms with Crippen molar-refractivity contribution in [2.45, 2.75) is 52.6 Å². The molecule has 1 atom stereocenters. The quantitative estimate of drug-likeness (QED) is 0.788. The Morgan fingerprint density at radius 3 is 2.47 bits per heavy atom. The Kier molecular flexibility index (Phi) is 5.41. The number of rotatable bonds is 6. The Labute approximate surface area is 106 Å². The van der Waals surface area contributed by atoms with Gasteiger partial charge in [-0.3, -0.25) is 0 Å². The lowest BCUT2D eigenvalue weighted by Gasteiger charge is -2.27. The Hall–Kier alpha value is -0.130. The van der Waals surface area contributed by atoms with Crippen LogP contribution in [0.2, 0.25) is 0 Å². The highest BCUT2D eigenvalue weighted by Crippen LogP contribution is 2.26. The van der Waals surface area contributed by atoms with Gasteiger partial charge in [0.15, 0.2) is 0 Å². The second kappa shape index (κ2) is 6.16.